The Hall–Kier alpha value is -2.13. The lowest BCUT2D eigenvalue weighted by atomic mass is 10.3. The van der Waals surface area contributed by atoms with Crippen LogP contribution in [0.2, 0.25) is 0 Å². The zero-order chi connectivity index (χ0) is 19.7. The van der Waals surface area contributed by atoms with Gasteiger partial charge in [0.05, 0.1) is 31.3 Å². The van der Waals surface area contributed by atoms with Crippen LogP contribution in [0, 0.1) is 0 Å². The van der Waals surface area contributed by atoms with E-state index in [1.165, 1.54) is 4.31 Å². The second-order valence-electron chi connectivity index (χ2n) is 6.09. The third kappa shape index (κ3) is 5.68. The van der Waals surface area contributed by atoms with Crippen molar-refractivity contribution in [1.29, 1.82) is 0 Å². The van der Waals surface area contributed by atoms with Crippen molar-refractivity contribution in [3.05, 3.63) is 54.6 Å². The van der Waals surface area contributed by atoms with Crippen LogP contribution in [0.5, 0.6) is 11.5 Å². The van der Waals surface area contributed by atoms with Gasteiger partial charge in [0.1, 0.15) is 13.2 Å². The standard InChI is InChI=1S/C20H25NO6S/c22-28(23,18-6-2-1-3-7-18)21-10-12-24-14-16-26-19-8-4-5-9-20(19)27-17-15-25-13-11-21/h1-9H,10-17H2. The minimum atomic E-state index is -3.61. The highest BCUT2D eigenvalue weighted by Gasteiger charge is 2.23. The Kier molecular flexibility index (Phi) is 7.67. The molecule has 28 heavy (non-hydrogen) atoms. The van der Waals surface area contributed by atoms with Gasteiger partial charge in [-0.3, -0.25) is 0 Å². The molecular weight excluding hydrogens is 382 g/mol. The van der Waals surface area contributed by atoms with E-state index in [-0.39, 0.29) is 31.2 Å². The molecule has 0 radical (unpaired) electrons. The van der Waals surface area contributed by atoms with E-state index in [1.54, 1.807) is 30.3 Å². The fourth-order valence-electron chi connectivity index (χ4n) is 2.74. The lowest BCUT2D eigenvalue weighted by molar-refractivity contribution is 0.0804. The molecule has 0 saturated carbocycles. The van der Waals surface area contributed by atoms with Crippen LogP contribution in [-0.4, -0.2) is 65.5 Å². The largest absolute Gasteiger partial charge is 0.487 e. The molecule has 152 valence electrons. The summed E-state index contributed by atoms with van der Waals surface area (Å²) in [5, 5.41) is 0. The van der Waals surface area contributed by atoms with Crippen molar-refractivity contribution in [1.82, 2.24) is 4.31 Å². The van der Waals surface area contributed by atoms with Crippen LogP contribution in [-0.2, 0) is 19.5 Å². The first-order chi connectivity index (χ1) is 13.7. The minimum Gasteiger partial charge on any atom is -0.487 e. The number of nitrogens with zero attached hydrogens (tertiary/aromatic N) is 1. The van der Waals surface area contributed by atoms with Gasteiger partial charge < -0.3 is 18.9 Å². The van der Waals surface area contributed by atoms with Crippen LogP contribution >= 0.6 is 0 Å². The second-order valence-corrected chi connectivity index (χ2v) is 8.02. The van der Waals surface area contributed by atoms with E-state index in [0.29, 0.717) is 37.9 Å². The van der Waals surface area contributed by atoms with Gasteiger partial charge in [-0.05, 0) is 24.3 Å². The van der Waals surface area contributed by atoms with Gasteiger partial charge in [0, 0.05) is 13.1 Å². The van der Waals surface area contributed by atoms with Crippen LogP contribution in [0.3, 0.4) is 0 Å². The number of fused-ring (bicyclic) bond motifs is 1. The Labute approximate surface area is 165 Å². The molecule has 0 aliphatic carbocycles. The monoisotopic (exact) mass is 407 g/mol. The summed E-state index contributed by atoms with van der Waals surface area (Å²) in [5.41, 5.74) is 0. The fourth-order valence-corrected chi connectivity index (χ4v) is 4.17. The van der Waals surface area contributed by atoms with Crippen molar-refractivity contribution in [3.8, 4) is 11.5 Å². The summed E-state index contributed by atoms with van der Waals surface area (Å²) in [6.07, 6.45) is 0. The van der Waals surface area contributed by atoms with Crippen molar-refractivity contribution in [2.45, 2.75) is 4.90 Å². The topological polar surface area (TPSA) is 74.3 Å². The van der Waals surface area contributed by atoms with E-state index < -0.39 is 10.0 Å². The lowest BCUT2D eigenvalue weighted by Gasteiger charge is -2.22. The zero-order valence-electron chi connectivity index (χ0n) is 15.7. The molecule has 1 aliphatic heterocycles. The molecule has 1 heterocycles. The van der Waals surface area contributed by atoms with Gasteiger partial charge in [0.15, 0.2) is 11.5 Å². The number of rotatable bonds is 2. The first-order valence-corrected chi connectivity index (χ1v) is 10.7. The predicted octanol–water partition coefficient (Wildman–Crippen LogP) is 2.18. The molecule has 0 amide bonds. The van der Waals surface area contributed by atoms with E-state index in [1.807, 2.05) is 24.3 Å². The fraction of sp³-hybridized carbons (Fsp3) is 0.400. The zero-order valence-corrected chi connectivity index (χ0v) is 16.5. The lowest BCUT2D eigenvalue weighted by Crippen LogP contribution is -2.37. The summed E-state index contributed by atoms with van der Waals surface area (Å²) >= 11 is 0. The Balaban J connectivity index is 1.64. The highest BCUT2D eigenvalue weighted by molar-refractivity contribution is 7.89. The third-order valence-electron chi connectivity index (χ3n) is 4.17. The maximum absolute atomic E-state index is 12.9. The molecule has 8 heteroatoms. The summed E-state index contributed by atoms with van der Waals surface area (Å²) in [6.45, 7) is 2.43. The SMILES string of the molecule is O=S(=O)(c1ccccc1)N1CCOCCOc2ccccc2OCCOCC1. The number of para-hydroxylation sites is 2. The van der Waals surface area contributed by atoms with E-state index in [0.717, 1.165) is 0 Å². The van der Waals surface area contributed by atoms with Gasteiger partial charge in [-0.2, -0.15) is 4.31 Å². The summed E-state index contributed by atoms with van der Waals surface area (Å²) in [4.78, 5) is 0.259. The highest BCUT2D eigenvalue weighted by Crippen LogP contribution is 2.26. The molecule has 1 aliphatic rings. The van der Waals surface area contributed by atoms with Crippen LogP contribution in [0.15, 0.2) is 59.5 Å². The van der Waals surface area contributed by atoms with Crippen LogP contribution in [0.4, 0.5) is 0 Å². The minimum absolute atomic E-state index is 0.244. The summed E-state index contributed by atoms with van der Waals surface area (Å²) in [7, 11) is -3.61. The van der Waals surface area contributed by atoms with Gasteiger partial charge in [-0.1, -0.05) is 30.3 Å². The first kappa shape index (κ1) is 20.6. The molecular formula is C20H25NO6S. The van der Waals surface area contributed by atoms with Crippen LogP contribution in [0.1, 0.15) is 0 Å². The number of hydrogen-bond acceptors (Lipinski definition) is 6. The number of benzene rings is 2. The average Bonchev–Trinajstić information content (AvgIpc) is 2.73. The van der Waals surface area contributed by atoms with E-state index >= 15 is 0 Å². The van der Waals surface area contributed by atoms with Crippen molar-refractivity contribution in [2.75, 3.05) is 52.7 Å². The van der Waals surface area contributed by atoms with Gasteiger partial charge >= 0.3 is 0 Å². The predicted molar refractivity (Wildman–Crippen MR) is 104 cm³/mol. The molecule has 0 unspecified atom stereocenters. The molecule has 0 fully saturated rings. The molecule has 2 aromatic rings. The maximum Gasteiger partial charge on any atom is 0.243 e. The van der Waals surface area contributed by atoms with E-state index in [2.05, 4.69) is 0 Å². The van der Waals surface area contributed by atoms with Crippen molar-refractivity contribution in [3.63, 3.8) is 0 Å². The van der Waals surface area contributed by atoms with Gasteiger partial charge in [0.25, 0.3) is 0 Å². The molecule has 2 aromatic carbocycles. The van der Waals surface area contributed by atoms with Gasteiger partial charge in [-0.25, -0.2) is 8.42 Å². The molecule has 0 saturated heterocycles. The quantitative estimate of drug-likeness (QED) is 0.760. The van der Waals surface area contributed by atoms with Crippen molar-refractivity contribution >= 4 is 10.0 Å². The molecule has 0 bridgehead atoms. The maximum atomic E-state index is 12.9. The van der Waals surface area contributed by atoms with Crippen LogP contribution < -0.4 is 9.47 Å². The molecule has 0 aromatic heterocycles. The summed E-state index contributed by atoms with van der Waals surface area (Å²) in [6, 6.07) is 15.8. The highest BCUT2D eigenvalue weighted by atomic mass is 32.2. The Bertz CT molecular complexity index is 793. The molecule has 0 N–H and O–H groups in total. The smallest absolute Gasteiger partial charge is 0.243 e. The van der Waals surface area contributed by atoms with Crippen LogP contribution in [0.25, 0.3) is 0 Å². The van der Waals surface area contributed by atoms with Crippen molar-refractivity contribution in [2.24, 2.45) is 0 Å². The average molecular weight is 407 g/mol. The first-order valence-electron chi connectivity index (χ1n) is 9.23. The van der Waals surface area contributed by atoms with Gasteiger partial charge in [0.2, 0.25) is 10.0 Å². The number of ether oxygens (including phenoxy) is 4. The third-order valence-corrected chi connectivity index (χ3v) is 6.08. The van der Waals surface area contributed by atoms with Crippen molar-refractivity contribution < 1.29 is 27.4 Å². The Morgan fingerprint density at radius 1 is 0.643 bits per heavy atom. The van der Waals surface area contributed by atoms with E-state index in [4.69, 9.17) is 18.9 Å². The number of hydrogen-bond donors (Lipinski definition) is 0. The summed E-state index contributed by atoms with van der Waals surface area (Å²) < 4.78 is 49.7. The molecule has 7 nitrogen and oxygen atoms in total. The Morgan fingerprint density at radius 3 is 1.68 bits per heavy atom. The van der Waals surface area contributed by atoms with Gasteiger partial charge in [-0.15, -0.1) is 0 Å². The molecule has 0 atom stereocenters. The summed E-state index contributed by atoms with van der Waals surface area (Å²) in [5.74, 6) is 1.29. The number of sulfonamides is 1. The Morgan fingerprint density at radius 2 is 1.14 bits per heavy atom. The molecule has 3 rings (SSSR count). The normalized spacial score (nSPS) is 18.0. The second kappa shape index (κ2) is 10.4. The molecule has 0 spiro atoms. The van der Waals surface area contributed by atoms with E-state index in [9.17, 15) is 8.42 Å².